The average molecular weight is 584 g/mol. The van der Waals surface area contributed by atoms with Crippen molar-refractivity contribution in [2.45, 2.75) is 120 Å². The molecule has 0 amide bonds. The van der Waals surface area contributed by atoms with Crippen LogP contribution in [0.3, 0.4) is 0 Å². The number of hydrogen-bond donors (Lipinski definition) is 3. The molecule has 236 valence electrons. The fraction of sp³-hybridized carbons (Fsp3) is 0.571. The minimum atomic E-state index is -0.602. The van der Waals surface area contributed by atoms with Crippen molar-refractivity contribution in [3.8, 4) is 0 Å². The minimum absolute atomic E-state index is 0.0199. The molecular weight excluding hydrogens is 526 g/mol. The molecule has 0 heterocycles. The fourth-order valence-electron chi connectivity index (χ4n) is 4.22. The van der Waals surface area contributed by atoms with E-state index in [1.807, 2.05) is 65.8 Å². The standard InChI is InChI=1S/C28H45N3O2.C7H12O2/c1-11-14-15-17-27(33-20(4)5)30-26(13-3)31-28(24(9)29)23(8)21(6)18-19-25(32-10)22(7)16-12-2;8-7(9)6-4-2-1-3-5-6/h13,15-20,29,31H,11-12,14H2,1-10H3;6H,1-5H2,(H,8,9)/b17-15+,21-18+,22-16+,25-19+,26-13+,28-23-,29-24?,30-27+;. The SMILES string of the molecule is C\C=C(/N=C(\C=C\CCC)OC(C)C)N\C(C(C)=N)=C(C)/C(C)=C/C=C(OC)\C(C)=C\CC.O=C(O)C1CCCCC1. The maximum Gasteiger partial charge on any atom is 0.306 e. The quantitative estimate of drug-likeness (QED) is 0.0818. The predicted molar refractivity (Wildman–Crippen MR) is 178 cm³/mol. The summed E-state index contributed by atoms with van der Waals surface area (Å²) in [5, 5.41) is 20.2. The first-order valence-electron chi connectivity index (χ1n) is 15.4. The lowest BCUT2D eigenvalue weighted by atomic mass is 9.90. The van der Waals surface area contributed by atoms with E-state index in [1.54, 1.807) is 14.0 Å². The molecule has 1 saturated carbocycles. The van der Waals surface area contributed by atoms with Gasteiger partial charge in [0.15, 0.2) is 0 Å². The Morgan fingerprint density at radius 1 is 1.07 bits per heavy atom. The highest BCUT2D eigenvalue weighted by Crippen LogP contribution is 2.23. The maximum absolute atomic E-state index is 10.4. The summed E-state index contributed by atoms with van der Waals surface area (Å²) < 4.78 is 11.4. The summed E-state index contributed by atoms with van der Waals surface area (Å²) in [6, 6.07) is 0. The number of methoxy groups -OCH3 is 1. The van der Waals surface area contributed by atoms with Crippen molar-refractivity contribution < 1.29 is 19.4 Å². The van der Waals surface area contributed by atoms with Gasteiger partial charge >= 0.3 is 5.97 Å². The second kappa shape index (κ2) is 22.3. The minimum Gasteiger partial charge on any atom is -0.497 e. The summed E-state index contributed by atoms with van der Waals surface area (Å²) in [4.78, 5) is 15.0. The second-order valence-corrected chi connectivity index (χ2v) is 10.8. The zero-order valence-corrected chi connectivity index (χ0v) is 27.9. The van der Waals surface area contributed by atoms with Gasteiger partial charge in [0.25, 0.3) is 0 Å². The first-order chi connectivity index (χ1) is 19.9. The lowest BCUT2D eigenvalue weighted by Gasteiger charge is -2.16. The van der Waals surface area contributed by atoms with Crippen molar-refractivity contribution in [1.82, 2.24) is 5.32 Å². The number of hydrogen-bond acceptors (Lipinski definition) is 6. The Morgan fingerprint density at radius 2 is 1.71 bits per heavy atom. The van der Waals surface area contributed by atoms with Gasteiger partial charge in [0, 0.05) is 0 Å². The highest BCUT2D eigenvalue weighted by molar-refractivity contribution is 5.97. The summed E-state index contributed by atoms with van der Waals surface area (Å²) in [7, 11) is 1.68. The number of unbranched alkanes of at least 4 members (excludes halogenated alkanes) is 1. The van der Waals surface area contributed by atoms with E-state index >= 15 is 0 Å². The molecule has 1 fully saturated rings. The lowest BCUT2D eigenvalue weighted by Crippen LogP contribution is -2.21. The monoisotopic (exact) mass is 583 g/mol. The van der Waals surface area contributed by atoms with E-state index in [9.17, 15) is 4.79 Å². The largest absolute Gasteiger partial charge is 0.497 e. The Bertz CT molecular complexity index is 1070. The van der Waals surface area contributed by atoms with Crippen molar-refractivity contribution in [3.05, 3.63) is 70.5 Å². The van der Waals surface area contributed by atoms with E-state index in [0.717, 1.165) is 73.1 Å². The van der Waals surface area contributed by atoms with E-state index in [0.29, 0.717) is 17.4 Å². The molecule has 0 spiro atoms. The summed E-state index contributed by atoms with van der Waals surface area (Å²) in [6.45, 7) is 18.0. The molecule has 0 aliphatic heterocycles. The van der Waals surface area contributed by atoms with E-state index in [-0.39, 0.29) is 12.0 Å². The van der Waals surface area contributed by atoms with Gasteiger partial charge in [-0.25, -0.2) is 0 Å². The van der Waals surface area contributed by atoms with E-state index < -0.39 is 5.97 Å². The summed E-state index contributed by atoms with van der Waals surface area (Å²) in [5.41, 5.74) is 4.25. The molecule has 0 bridgehead atoms. The molecule has 0 saturated heterocycles. The van der Waals surface area contributed by atoms with Crippen LogP contribution in [0.5, 0.6) is 0 Å². The molecule has 3 N–H and O–H groups in total. The topological polar surface area (TPSA) is 104 Å². The van der Waals surface area contributed by atoms with Crippen LogP contribution in [-0.2, 0) is 14.3 Å². The zero-order chi connectivity index (χ0) is 32.1. The first-order valence-corrected chi connectivity index (χ1v) is 15.4. The number of allylic oxidation sites excluding steroid dienone is 9. The van der Waals surface area contributed by atoms with Gasteiger partial charge in [0.1, 0.15) is 11.6 Å². The highest BCUT2D eigenvalue weighted by Gasteiger charge is 2.19. The number of aliphatic carboxylic acids is 1. The van der Waals surface area contributed by atoms with E-state index in [1.165, 1.54) is 6.42 Å². The molecule has 0 radical (unpaired) electrons. The highest BCUT2D eigenvalue weighted by atomic mass is 16.5. The van der Waals surface area contributed by atoms with Crippen LogP contribution in [0.1, 0.15) is 114 Å². The molecule has 1 aliphatic rings. The van der Waals surface area contributed by atoms with Gasteiger partial charge in [-0.05, 0) is 109 Å². The van der Waals surface area contributed by atoms with Crippen molar-refractivity contribution in [2.24, 2.45) is 10.9 Å². The van der Waals surface area contributed by atoms with Crippen LogP contribution in [0, 0.1) is 11.3 Å². The van der Waals surface area contributed by atoms with Crippen LogP contribution >= 0.6 is 0 Å². The van der Waals surface area contributed by atoms with E-state index in [4.69, 9.17) is 20.0 Å². The Morgan fingerprint density at radius 3 is 2.17 bits per heavy atom. The number of aliphatic imine (C=N–C) groups is 1. The molecule has 1 aliphatic carbocycles. The number of carboxylic acid groups (broad SMARTS) is 1. The first kappa shape index (κ1) is 38.6. The summed E-state index contributed by atoms with van der Waals surface area (Å²) in [5.74, 6) is 1.39. The van der Waals surface area contributed by atoms with Gasteiger partial charge < -0.3 is 25.3 Å². The Labute approximate surface area is 255 Å². The van der Waals surface area contributed by atoms with Crippen molar-refractivity contribution in [3.63, 3.8) is 0 Å². The van der Waals surface area contributed by atoms with Gasteiger partial charge in [-0.15, -0.1) is 0 Å². The molecule has 0 aromatic carbocycles. The summed E-state index contributed by atoms with van der Waals surface area (Å²) >= 11 is 0. The van der Waals surface area contributed by atoms with Gasteiger partial charge in [-0.2, -0.15) is 4.99 Å². The third kappa shape index (κ3) is 16.2. The maximum atomic E-state index is 10.4. The molecule has 0 atom stereocenters. The number of nitrogens with one attached hydrogen (secondary N) is 2. The summed E-state index contributed by atoms with van der Waals surface area (Å²) in [6.07, 6.45) is 20.2. The zero-order valence-electron chi connectivity index (χ0n) is 27.9. The third-order valence-electron chi connectivity index (χ3n) is 6.73. The van der Waals surface area contributed by atoms with Gasteiger partial charge in [-0.3, -0.25) is 4.79 Å². The molecule has 0 aromatic heterocycles. The van der Waals surface area contributed by atoms with Crippen molar-refractivity contribution in [2.75, 3.05) is 7.11 Å². The fourth-order valence-corrected chi connectivity index (χ4v) is 4.22. The molecule has 42 heavy (non-hydrogen) atoms. The third-order valence-corrected chi connectivity index (χ3v) is 6.73. The normalized spacial score (nSPS) is 16.6. The molecule has 1 rings (SSSR count). The average Bonchev–Trinajstić information content (AvgIpc) is 2.95. The van der Waals surface area contributed by atoms with Crippen LogP contribution < -0.4 is 5.32 Å². The van der Waals surface area contributed by atoms with Crippen LogP contribution in [-0.4, -0.2) is 35.9 Å². The molecule has 0 aromatic rings. The van der Waals surface area contributed by atoms with Crippen LogP contribution in [0.25, 0.3) is 0 Å². The number of nitrogens with zero attached hydrogens (tertiary/aromatic N) is 1. The number of carbonyl (C=O) groups is 1. The molecule has 7 nitrogen and oxygen atoms in total. The van der Waals surface area contributed by atoms with Gasteiger partial charge in [0.2, 0.25) is 5.90 Å². The van der Waals surface area contributed by atoms with Crippen LogP contribution in [0.4, 0.5) is 0 Å². The van der Waals surface area contributed by atoms with E-state index in [2.05, 4.69) is 36.3 Å². The van der Waals surface area contributed by atoms with Crippen LogP contribution in [0.15, 0.2) is 75.4 Å². The lowest BCUT2D eigenvalue weighted by molar-refractivity contribution is -0.142. The Hall–Kier alpha value is -3.35. The Balaban J connectivity index is 0.00000157. The number of carboxylic acids is 1. The Kier molecular flexibility index (Phi) is 20.5. The number of rotatable bonds is 14. The predicted octanol–water partition coefficient (Wildman–Crippen LogP) is 9.41. The smallest absolute Gasteiger partial charge is 0.306 e. The molecule has 0 unspecified atom stereocenters. The second-order valence-electron chi connectivity index (χ2n) is 10.8. The van der Waals surface area contributed by atoms with Gasteiger partial charge in [0.05, 0.1) is 30.5 Å². The molecule has 7 heteroatoms. The van der Waals surface area contributed by atoms with Crippen molar-refractivity contribution >= 4 is 17.6 Å². The van der Waals surface area contributed by atoms with Crippen LogP contribution in [0.2, 0.25) is 0 Å². The number of ether oxygens (including phenoxy) is 2. The molecular formula is C35H57N3O4. The van der Waals surface area contributed by atoms with Crippen molar-refractivity contribution in [1.29, 1.82) is 5.41 Å². The van der Waals surface area contributed by atoms with Gasteiger partial charge in [-0.1, -0.05) is 57.8 Å².